The molecule has 3 atom stereocenters. The van der Waals surface area contributed by atoms with Crippen molar-refractivity contribution in [3.63, 3.8) is 0 Å². The maximum Gasteiger partial charge on any atom is 0.222 e. The molecule has 5 nitrogen and oxygen atoms in total. The maximum absolute atomic E-state index is 4.68. The Morgan fingerprint density at radius 1 is 1.12 bits per heavy atom. The van der Waals surface area contributed by atoms with Crippen molar-refractivity contribution in [1.29, 1.82) is 0 Å². The van der Waals surface area contributed by atoms with Crippen LogP contribution in [0.25, 0.3) is 0 Å². The molecule has 5 heteroatoms. The van der Waals surface area contributed by atoms with Gasteiger partial charge >= 0.3 is 0 Å². The predicted molar refractivity (Wildman–Crippen MR) is 99.1 cm³/mol. The van der Waals surface area contributed by atoms with E-state index in [-0.39, 0.29) is 0 Å². The molecule has 0 spiro atoms. The Bertz CT molecular complexity index is 689. The van der Waals surface area contributed by atoms with E-state index in [9.17, 15) is 0 Å². The number of anilines is 1. The van der Waals surface area contributed by atoms with Gasteiger partial charge in [0.05, 0.1) is 5.69 Å². The number of pyridine rings is 1. The van der Waals surface area contributed by atoms with E-state index in [2.05, 4.69) is 50.3 Å². The molecule has 2 fully saturated rings. The summed E-state index contributed by atoms with van der Waals surface area (Å²) in [6.07, 6.45) is 7.63. The molecule has 0 bridgehead atoms. The summed E-state index contributed by atoms with van der Waals surface area (Å²) >= 11 is 0. The van der Waals surface area contributed by atoms with Crippen molar-refractivity contribution in [2.24, 2.45) is 17.8 Å². The second-order valence-electron chi connectivity index (χ2n) is 7.53. The van der Waals surface area contributed by atoms with Crippen LogP contribution in [-0.2, 0) is 6.54 Å². The van der Waals surface area contributed by atoms with Crippen LogP contribution in [0.5, 0.6) is 0 Å². The first-order valence-corrected chi connectivity index (χ1v) is 9.44. The number of hydrogen-bond acceptors (Lipinski definition) is 5. The smallest absolute Gasteiger partial charge is 0.222 e. The number of aromatic nitrogens is 3. The molecule has 2 aliphatic rings. The summed E-state index contributed by atoms with van der Waals surface area (Å²) in [6.45, 7) is 6.46. The summed E-state index contributed by atoms with van der Waals surface area (Å²) < 4.78 is 0. The van der Waals surface area contributed by atoms with Crippen LogP contribution in [0.3, 0.4) is 0 Å². The minimum absolute atomic E-state index is 0.720. The van der Waals surface area contributed by atoms with Gasteiger partial charge in [-0.1, -0.05) is 12.5 Å². The van der Waals surface area contributed by atoms with Crippen molar-refractivity contribution in [3.8, 4) is 0 Å². The molecule has 0 amide bonds. The van der Waals surface area contributed by atoms with Crippen molar-refractivity contribution >= 4 is 5.95 Å². The van der Waals surface area contributed by atoms with E-state index in [4.69, 9.17) is 0 Å². The molecule has 3 heterocycles. The van der Waals surface area contributed by atoms with Crippen LogP contribution in [0.4, 0.5) is 5.95 Å². The van der Waals surface area contributed by atoms with Crippen LogP contribution in [0.15, 0.2) is 36.7 Å². The van der Waals surface area contributed by atoms with Gasteiger partial charge in [0.25, 0.3) is 0 Å². The normalized spacial score (nSPS) is 26.4. The maximum atomic E-state index is 4.68. The molecule has 2 aromatic rings. The van der Waals surface area contributed by atoms with Gasteiger partial charge in [-0.05, 0) is 55.7 Å². The SMILES string of the molecule is Cc1cccc(CN2C[C@@H]3CCC[C@H](CNc4ncccn4)[C@@H]3C2)n1. The Labute approximate surface area is 149 Å². The van der Waals surface area contributed by atoms with E-state index in [0.29, 0.717) is 0 Å². The molecule has 0 aromatic carbocycles. The van der Waals surface area contributed by atoms with Crippen LogP contribution >= 0.6 is 0 Å². The quantitative estimate of drug-likeness (QED) is 0.908. The average Bonchev–Trinajstić information content (AvgIpc) is 3.04. The van der Waals surface area contributed by atoms with Crippen LogP contribution in [0, 0.1) is 24.7 Å². The highest BCUT2D eigenvalue weighted by Gasteiger charge is 2.39. The van der Waals surface area contributed by atoms with Crippen LogP contribution in [0.1, 0.15) is 30.7 Å². The monoisotopic (exact) mass is 337 g/mol. The fraction of sp³-hybridized carbons (Fsp3) is 0.550. The minimum Gasteiger partial charge on any atom is -0.354 e. The number of aryl methyl sites for hydroxylation is 1. The number of nitrogens with one attached hydrogen (secondary N) is 1. The van der Waals surface area contributed by atoms with E-state index < -0.39 is 0 Å². The van der Waals surface area contributed by atoms with E-state index >= 15 is 0 Å². The van der Waals surface area contributed by atoms with Crippen LogP contribution < -0.4 is 5.32 Å². The van der Waals surface area contributed by atoms with Gasteiger partial charge in [0.15, 0.2) is 0 Å². The van der Waals surface area contributed by atoms with E-state index in [1.807, 2.05) is 6.07 Å². The minimum atomic E-state index is 0.720. The standard InChI is InChI=1S/C20H27N5/c1-15-5-2-8-18(24-15)13-25-12-17-7-3-6-16(19(17)14-25)11-23-20-21-9-4-10-22-20/h2,4-5,8-10,16-17,19H,3,6-7,11-14H2,1H3,(H,21,22,23)/t16-,17+,19+/m1/s1. The van der Waals surface area contributed by atoms with Gasteiger partial charge in [-0.25, -0.2) is 9.97 Å². The Morgan fingerprint density at radius 3 is 2.84 bits per heavy atom. The molecule has 1 aliphatic carbocycles. The first-order valence-electron chi connectivity index (χ1n) is 9.44. The fourth-order valence-electron chi connectivity index (χ4n) is 4.60. The van der Waals surface area contributed by atoms with Gasteiger partial charge in [-0.3, -0.25) is 9.88 Å². The molecule has 1 saturated heterocycles. The number of hydrogen-bond donors (Lipinski definition) is 1. The summed E-state index contributed by atoms with van der Waals surface area (Å²) in [6, 6.07) is 8.20. The highest BCUT2D eigenvalue weighted by molar-refractivity contribution is 5.22. The third-order valence-corrected chi connectivity index (χ3v) is 5.74. The lowest BCUT2D eigenvalue weighted by Crippen LogP contribution is -2.32. The molecular formula is C20H27N5. The number of rotatable bonds is 5. The number of likely N-dealkylation sites (tertiary alicyclic amines) is 1. The lowest BCUT2D eigenvalue weighted by Gasteiger charge is -2.33. The van der Waals surface area contributed by atoms with Gasteiger partial charge in [0.1, 0.15) is 0 Å². The zero-order chi connectivity index (χ0) is 17.1. The van der Waals surface area contributed by atoms with E-state index in [1.165, 1.54) is 38.0 Å². The second-order valence-corrected chi connectivity index (χ2v) is 7.53. The van der Waals surface area contributed by atoms with Gasteiger partial charge in [0, 0.05) is 44.3 Å². The highest BCUT2D eigenvalue weighted by Crippen LogP contribution is 2.40. The van der Waals surface area contributed by atoms with Crippen molar-refractivity contribution in [1.82, 2.24) is 19.9 Å². The van der Waals surface area contributed by atoms with Gasteiger partial charge in [-0.2, -0.15) is 0 Å². The first-order chi connectivity index (χ1) is 12.3. The van der Waals surface area contributed by atoms with Gasteiger partial charge in [-0.15, -0.1) is 0 Å². The Morgan fingerprint density at radius 2 is 2.00 bits per heavy atom. The van der Waals surface area contributed by atoms with Crippen molar-refractivity contribution < 1.29 is 0 Å². The molecule has 132 valence electrons. The molecule has 1 N–H and O–H groups in total. The molecule has 4 rings (SSSR count). The van der Waals surface area contributed by atoms with Gasteiger partial charge in [0.2, 0.25) is 5.95 Å². The Kier molecular flexibility index (Phi) is 4.92. The largest absolute Gasteiger partial charge is 0.354 e. The zero-order valence-corrected chi connectivity index (χ0v) is 14.9. The summed E-state index contributed by atoms with van der Waals surface area (Å²) in [5, 5.41) is 3.45. The summed E-state index contributed by atoms with van der Waals surface area (Å²) in [7, 11) is 0. The summed E-state index contributed by atoms with van der Waals surface area (Å²) in [5.74, 6) is 3.10. The Hall–Kier alpha value is -2.01. The average molecular weight is 337 g/mol. The van der Waals surface area contributed by atoms with Crippen LogP contribution in [-0.4, -0.2) is 39.5 Å². The fourth-order valence-corrected chi connectivity index (χ4v) is 4.60. The molecule has 25 heavy (non-hydrogen) atoms. The first kappa shape index (κ1) is 16.5. The summed E-state index contributed by atoms with van der Waals surface area (Å²) in [4.78, 5) is 15.9. The predicted octanol–water partition coefficient (Wildman–Crippen LogP) is 3.14. The van der Waals surface area contributed by atoms with Crippen LogP contribution in [0.2, 0.25) is 0 Å². The van der Waals surface area contributed by atoms with E-state index in [0.717, 1.165) is 42.5 Å². The third kappa shape index (κ3) is 3.98. The van der Waals surface area contributed by atoms with E-state index in [1.54, 1.807) is 12.4 Å². The van der Waals surface area contributed by atoms with Crippen molar-refractivity contribution in [2.75, 3.05) is 25.0 Å². The van der Waals surface area contributed by atoms with Gasteiger partial charge < -0.3 is 5.32 Å². The lowest BCUT2D eigenvalue weighted by atomic mass is 9.74. The zero-order valence-electron chi connectivity index (χ0n) is 14.9. The molecule has 1 saturated carbocycles. The third-order valence-electron chi connectivity index (χ3n) is 5.74. The lowest BCUT2D eigenvalue weighted by molar-refractivity contribution is 0.207. The molecule has 0 unspecified atom stereocenters. The van der Waals surface area contributed by atoms with Crippen molar-refractivity contribution in [3.05, 3.63) is 48.0 Å². The Balaban J connectivity index is 1.36. The molecule has 0 radical (unpaired) electrons. The topological polar surface area (TPSA) is 53.9 Å². The number of fused-ring (bicyclic) bond motifs is 1. The van der Waals surface area contributed by atoms with Crippen molar-refractivity contribution in [2.45, 2.75) is 32.7 Å². The molecular weight excluding hydrogens is 310 g/mol. The molecule has 2 aromatic heterocycles. The highest BCUT2D eigenvalue weighted by atomic mass is 15.2. The number of nitrogens with zero attached hydrogens (tertiary/aromatic N) is 4. The second kappa shape index (κ2) is 7.48. The molecule has 1 aliphatic heterocycles. The summed E-state index contributed by atoms with van der Waals surface area (Å²) in [5.41, 5.74) is 2.31.